The number of aromatic amines is 1. The summed E-state index contributed by atoms with van der Waals surface area (Å²) < 4.78 is 35.1. The first kappa shape index (κ1) is 21.4. The fraction of sp³-hybridized carbons (Fsp3) is 0.524. The number of likely N-dealkylation sites (tertiary alicyclic amines) is 1. The highest BCUT2D eigenvalue weighted by Gasteiger charge is 2.52. The highest BCUT2D eigenvalue weighted by Crippen LogP contribution is 2.43. The van der Waals surface area contributed by atoms with Crippen LogP contribution in [0.1, 0.15) is 43.5 Å². The predicted molar refractivity (Wildman–Crippen MR) is 108 cm³/mol. The second-order valence-corrected chi connectivity index (χ2v) is 8.43. The van der Waals surface area contributed by atoms with E-state index in [0.717, 1.165) is 12.8 Å². The van der Waals surface area contributed by atoms with Crippen molar-refractivity contribution in [2.75, 3.05) is 19.7 Å². The van der Waals surface area contributed by atoms with Crippen LogP contribution in [0.15, 0.2) is 35.5 Å². The number of halogens is 2. The Bertz CT molecular complexity index is 988. The molecule has 4 rings (SSSR count). The lowest BCUT2D eigenvalue weighted by Crippen LogP contribution is -2.59. The molecule has 2 aromatic rings. The van der Waals surface area contributed by atoms with Crippen LogP contribution in [0.25, 0.3) is 0 Å². The zero-order chi connectivity index (χ0) is 22.2. The lowest BCUT2D eigenvalue weighted by atomic mass is 9.84. The van der Waals surface area contributed by atoms with Gasteiger partial charge in [-0.05, 0) is 31.2 Å². The number of H-pyrrole nitrogens is 1. The molecule has 2 aliphatic rings. The summed E-state index contributed by atoms with van der Waals surface area (Å²) in [6, 6.07) is 2.59. The number of rotatable bonds is 7. The maximum Gasteiger partial charge on any atom is 0.257 e. The van der Waals surface area contributed by atoms with E-state index in [1.807, 2.05) is 0 Å². The van der Waals surface area contributed by atoms with Crippen molar-refractivity contribution >= 4 is 5.91 Å². The molecule has 0 radical (unpaired) electrons. The van der Waals surface area contributed by atoms with Crippen molar-refractivity contribution < 1.29 is 18.3 Å². The van der Waals surface area contributed by atoms with Gasteiger partial charge in [-0.2, -0.15) is 0 Å². The van der Waals surface area contributed by atoms with Gasteiger partial charge in [-0.3, -0.25) is 14.5 Å². The summed E-state index contributed by atoms with van der Waals surface area (Å²) in [6.07, 6.45) is 6.06. The summed E-state index contributed by atoms with van der Waals surface area (Å²) >= 11 is 0. The average molecular weight is 433 g/mol. The molecule has 3 N–H and O–H groups in total. The smallest absolute Gasteiger partial charge is 0.257 e. The number of nitrogens with one attached hydrogen (secondary N) is 1. The molecule has 1 unspecified atom stereocenters. The highest BCUT2D eigenvalue weighted by atomic mass is 19.3. The van der Waals surface area contributed by atoms with E-state index < -0.39 is 29.7 Å². The molecule has 31 heavy (non-hydrogen) atoms. The molecular weight excluding hydrogens is 408 g/mol. The van der Waals surface area contributed by atoms with Gasteiger partial charge in [-0.25, -0.2) is 18.7 Å². The Morgan fingerprint density at radius 2 is 2.06 bits per heavy atom. The average Bonchev–Trinajstić information content (AvgIpc) is 3.57. The Hall–Kier alpha value is -2.88. The van der Waals surface area contributed by atoms with Crippen molar-refractivity contribution in [3.05, 3.63) is 52.5 Å². The Morgan fingerprint density at radius 1 is 1.35 bits per heavy atom. The quantitative estimate of drug-likeness (QED) is 0.688. The monoisotopic (exact) mass is 433 g/mol. The van der Waals surface area contributed by atoms with Crippen LogP contribution in [0.2, 0.25) is 0 Å². The van der Waals surface area contributed by atoms with E-state index in [-0.39, 0.29) is 30.0 Å². The second kappa shape index (κ2) is 7.99. The standard InChI is InChI=1S/C21H25F2N5O3/c1-20(18(24)30,19-26-9-15(10-27-19)31-12-13-2-3-13)28-7-6-21(22,23)16(11-28)14-4-5-17(29)25-8-14/h4-5,8-10,13,16H,2-3,6-7,11-12H2,1H3,(H2,24,30)(H,25,29)/t16-,20?/m1/s1. The molecule has 2 atom stereocenters. The minimum atomic E-state index is -3.01. The molecule has 10 heteroatoms. The Morgan fingerprint density at radius 3 is 2.65 bits per heavy atom. The first-order chi connectivity index (χ1) is 14.7. The van der Waals surface area contributed by atoms with E-state index in [1.54, 1.807) is 11.8 Å². The van der Waals surface area contributed by atoms with E-state index in [2.05, 4.69) is 15.0 Å². The van der Waals surface area contributed by atoms with Crippen LogP contribution in [0.4, 0.5) is 8.78 Å². The zero-order valence-electron chi connectivity index (χ0n) is 17.2. The molecule has 0 bridgehead atoms. The second-order valence-electron chi connectivity index (χ2n) is 8.43. The summed E-state index contributed by atoms with van der Waals surface area (Å²) in [5.41, 5.74) is 4.15. The van der Waals surface area contributed by atoms with Crippen LogP contribution >= 0.6 is 0 Å². The van der Waals surface area contributed by atoms with Crippen molar-refractivity contribution in [2.24, 2.45) is 11.7 Å². The van der Waals surface area contributed by atoms with Crippen molar-refractivity contribution in [3.63, 3.8) is 0 Å². The SMILES string of the molecule is CC(C(N)=O)(c1ncc(OCC2CC2)cn1)N1CCC(F)(F)[C@@H](c2ccc(=O)[nH]c2)C1. The molecule has 1 saturated heterocycles. The van der Waals surface area contributed by atoms with E-state index in [1.165, 1.54) is 30.7 Å². The summed E-state index contributed by atoms with van der Waals surface area (Å²) in [4.78, 5) is 36.4. The fourth-order valence-corrected chi connectivity index (χ4v) is 3.85. The van der Waals surface area contributed by atoms with Gasteiger partial charge in [0.15, 0.2) is 17.1 Å². The van der Waals surface area contributed by atoms with Gasteiger partial charge in [0.05, 0.1) is 24.9 Å². The maximum absolute atomic E-state index is 14.7. The molecule has 0 spiro atoms. The number of amides is 1. The topological polar surface area (TPSA) is 114 Å². The van der Waals surface area contributed by atoms with E-state index in [0.29, 0.717) is 18.3 Å². The minimum Gasteiger partial charge on any atom is -0.490 e. The molecule has 1 aliphatic heterocycles. The number of nitrogens with zero attached hydrogens (tertiary/aromatic N) is 3. The number of alkyl halides is 2. The molecule has 8 nitrogen and oxygen atoms in total. The molecule has 1 amide bonds. The van der Waals surface area contributed by atoms with E-state index in [4.69, 9.17) is 10.5 Å². The molecule has 1 aliphatic carbocycles. The number of primary amides is 1. The Balaban J connectivity index is 1.59. The first-order valence-corrected chi connectivity index (χ1v) is 10.3. The van der Waals surface area contributed by atoms with Crippen molar-refractivity contribution in [3.8, 4) is 5.75 Å². The van der Waals surface area contributed by atoms with Gasteiger partial charge in [0.25, 0.3) is 5.92 Å². The summed E-state index contributed by atoms with van der Waals surface area (Å²) in [6.45, 7) is 1.93. The molecule has 1 saturated carbocycles. The van der Waals surface area contributed by atoms with Gasteiger partial charge in [0.2, 0.25) is 11.5 Å². The molecule has 3 heterocycles. The van der Waals surface area contributed by atoms with Crippen LogP contribution in [0, 0.1) is 5.92 Å². The third kappa shape index (κ3) is 4.30. The number of aromatic nitrogens is 3. The number of carbonyl (C=O) groups excluding carboxylic acids is 1. The summed E-state index contributed by atoms with van der Waals surface area (Å²) in [5.74, 6) is -3.78. The van der Waals surface area contributed by atoms with Gasteiger partial charge < -0.3 is 15.5 Å². The number of piperidine rings is 1. The molecule has 2 aromatic heterocycles. The fourth-order valence-electron chi connectivity index (χ4n) is 3.85. The van der Waals surface area contributed by atoms with Crippen LogP contribution < -0.4 is 16.0 Å². The zero-order valence-corrected chi connectivity index (χ0v) is 17.2. The normalized spacial score (nSPS) is 23.1. The van der Waals surface area contributed by atoms with Crippen molar-refractivity contribution in [1.82, 2.24) is 19.9 Å². The lowest BCUT2D eigenvalue weighted by Gasteiger charge is -2.45. The lowest BCUT2D eigenvalue weighted by molar-refractivity contribution is -0.139. The van der Waals surface area contributed by atoms with Gasteiger partial charge in [0, 0.05) is 31.8 Å². The van der Waals surface area contributed by atoms with Gasteiger partial charge in [0.1, 0.15) is 0 Å². The van der Waals surface area contributed by atoms with Crippen LogP contribution in [0.5, 0.6) is 5.75 Å². The minimum absolute atomic E-state index is 0.0599. The molecule has 166 valence electrons. The number of hydrogen-bond donors (Lipinski definition) is 2. The van der Waals surface area contributed by atoms with Crippen molar-refractivity contribution in [1.29, 1.82) is 0 Å². The summed E-state index contributed by atoms with van der Waals surface area (Å²) in [5, 5.41) is 0. The van der Waals surface area contributed by atoms with Gasteiger partial charge in [-0.15, -0.1) is 0 Å². The number of ether oxygens (including phenoxy) is 1. The number of nitrogens with two attached hydrogens (primary N) is 1. The van der Waals surface area contributed by atoms with E-state index in [9.17, 15) is 18.4 Å². The predicted octanol–water partition coefficient (Wildman–Crippen LogP) is 1.78. The van der Waals surface area contributed by atoms with Crippen LogP contribution in [0.3, 0.4) is 0 Å². The number of carbonyl (C=O) groups is 1. The summed E-state index contributed by atoms with van der Waals surface area (Å²) in [7, 11) is 0. The third-order valence-corrected chi connectivity index (χ3v) is 6.20. The number of pyridine rings is 1. The Kier molecular flexibility index (Phi) is 5.50. The molecule has 0 aromatic carbocycles. The third-order valence-electron chi connectivity index (χ3n) is 6.20. The van der Waals surface area contributed by atoms with Crippen molar-refractivity contribution in [2.45, 2.75) is 43.6 Å². The van der Waals surface area contributed by atoms with Crippen LogP contribution in [-0.2, 0) is 10.3 Å². The largest absolute Gasteiger partial charge is 0.490 e. The van der Waals surface area contributed by atoms with Crippen LogP contribution in [-0.4, -0.2) is 51.4 Å². The Labute approximate surface area is 177 Å². The number of hydrogen-bond acceptors (Lipinski definition) is 6. The van der Waals surface area contributed by atoms with E-state index >= 15 is 0 Å². The van der Waals surface area contributed by atoms with Gasteiger partial charge >= 0.3 is 0 Å². The maximum atomic E-state index is 14.7. The molecular formula is C21H25F2N5O3. The highest BCUT2D eigenvalue weighted by molar-refractivity contribution is 5.84. The molecule has 2 fully saturated rings. The van der Waals surface area contributed by atoms with Gasteiger partial charge in [-0.1, -0.05) is 6.07 Å². The first-order valence-electron chi connectivity index (χ1n) is 10.3.